The van der Waals surface area contributed by atoms with Crippen LogP contribution in [0, 0.1) is 0 Å². The lowest BCUT2D eigenvalue weighted by Gasteiger charge is -2.46. The van der Waals surface area contributed by atoms with Crippen LogP contribution in [0.5, 0.6) is 0 Å². The molecule has 0 aromatic carbocycles. The molecule has 0 atom stereocenters. The van der Waals surface area contributed by atoms with Crippen molar-refractivity contribution < 1.29 is 9.90 Å². The Morgan fingerprint density at radius 3 is 1.48 bits per heavy atom. The fourth-order valence-corrected chi connectivity index (χ4v) is 9.66. The van der Waals surface area contributed by atoms with Crippen LogP contribution in [0.25, 0.3) is 0 Å². The Morgan fingerprint density at radius 1 is 0.815 bits per heavy atom. The largest absolute Gasteiger partial charge is 0.480 e. The predicted octanol–water partition coefficient (Wildman–Crippen LogP) is 8.04. The highest BCUT2D eigenvalue weighted by atomic mass is 32.2. The zero-order valence-electron chi connectivity index (χ0n) is 18.0. The molecule has 0 aromatic rings. The topological polar surface area (TPSA) is 37.3 Å². The van der Waals surface area contributed by atoms with Gasteiger partial charge in [0, 0.05) is 9.49 Å². The Kier molecular flexibility index (Phi) is 9.38. The average molecular weight is 415 g/mol. The molecule has 0 radical (unpaired) electrons. The van der Waals surface area contributed by atoms with Crippen LogP contribution in [-0.2, 0) is 4.79 Å². The first-order valence-electron chi connectivity index (χ1n) is 11.5. The van der Waals surface area contributed by atoms with Gasteiger partial charge in [-0.25, -0.2) is 4.79 Å². The zero-order chi connectivity index (χ0) is 19.8. The molecule has 0 heterocycles. The third-order valence-corrected chi connectivity index (χ3v) is 10.4. The summed E-state index contributed by atoms with van der Waals surface area (Å²) in [6, 6.07) is 0. The van der Waals surface area contributed by atoms with Crippen molar-refractivity contribution in [1.29, 1.82) is 0 Å². The van der Waals surface area contributed by atoms with Crippen LogP contribution in [0.15, 0.2) is 0 Å². The molecule has 2 rings (SSSR count). The lowest BCUT2D eigenvalue weighted by molar-refractivity contribution is -0.137. The molecular formula is C23H42O2S2. The number of hydrogen-bond donors (Lipinski definition) is 1. The van der Waals surface area contributed by atoms with Crippen molar-refractivity contribution in [3.63, 3.8) is 0 Å². The van der Waals surface area contributed by atoms with Crippen LogP contribution in [0.2, 0.25) is 0 Å². The van der Waals surface area contributed by atoms with Crippen molar-refractivity contribution in [2.75, 3.05) is 0 Å². The number of carboxylic acids is 1. The molecule has 2 aliphatic carbocycles. The van der Waals surface area contributed by atoms with E-state index in [1.54, 1.807) is 0 Å². The molecule has 0 aromatic heterocycles. The molecule has 0 unspecified atom stereocenters. The van der Waals surface area contributed by atoms with Crippen LogP contribution < -0.4 is 0 Å². The quantitative estimate of drug-likeness (QED) is 0.347. The summed E-state index contributed by atoms with van der Waals surface area (Å²) in [5.41, 5.74) is 0. The highest BCUT2D eigenvalue weighted by Crippen LogP contribution is 2.58. The van der Waals surface area contributed by atoms with E-state index >= 15 is 0 Å². The van der Waals surface area contributed by atoms with Gasteiger partial charge in [-0.1, -0.05) is 78.1 Å². The van der Waals surface area contributed by atoms with E-state index in [4.69, 9.17) is 0 Å². The highest BCUT2D eigenvalue weighted by molar-refractivity contribution is 8.20. The lowest BCUT2D eigenvalue weighted by Crippen LogP contribution is -2.42. The van der Waals surface area contributed by atoms with E-state index in [2.05, 4.69) is 13.8 Å². The molecule has 2 fully saturated rings. The van der Waals surface area contributed by atoms with Gasteiger partial charge in [0.2, 0.25) is 0 Å². The Labute approximate surface area is 176 Å². The van der Waals surface area contributed by atoms with Crippen molar-refractivity contribution in [3.8, 4) is 0 Å². The van der Waals surface area contributed by atoms with Crippen LogP contribution in [0.3, 0.4) is 0 Å². The minimum Gasteiger partial charge on any atom is -0.480 e. The van der Waals surface area contributed by atoms with Crippen molar-refractivity contribution in [2.24, 2.45) is 0 Å². The van der Waals surface area contributed by atoms with Gasteiger partial charge in [-0.2, -0.15) is 0 Å². The molecule has 2 saturated carbocycles. The van der Waals surface area contributed by atoms with Gasteiger partial charge in [0.1, 0.15) is 0 Å². The number of unbranched alkanes of at least 4 members (excludes halogenated alkanes) is 2. The summed E-state index contributed by atoms with van der Waals surface area (Å²) < 4.78 is -0.333. The van der Waals surface area contributed by atoms with Crippen LogP contribution in [-0.4, -0.2) is 24.6 Å². The summed E-state index contributed by atoms with van der Waals surface area (Å²) in [5.74, 6) is -0.597. The molecule has 2 nitrogen and oxygen atoms in total. The standard InChI is InChI=1S/C23H42O2S2/c1-4-6-14-22(16-10-8-11-17-22)26-21(3,20(24)25)27-23(15-7-5-2)18-12-9-13-19-23/h4-19H2,1-3H3,(H,24,25). The van der Waals surface area contributed by atoms with Crippen LogP contribution in [0.4, 0.5) is 0 Å². The molecule has 0 aliphatic heterocycles. The van der Waals surface area contributed by atoms with Crippen LogP contribution in [0.1, 0.15) is 124 Å². The van der Waals surface area contributed by atoms with Gasteiger partial charge in [-0.15, -0.1) is 23.5 Å². The van der Waals surface area contributed by atoms with E-state index in [-0.39, 0.29) is 9.49 Å². The van der Waals surface area contributed by atoms with E-state index in [9.17, 15) is 9.90 Å². The monoisotopic (exact) mass is 414 g/mol. The van der Waals surface area contributed by atoms with Crippen molar-refractivity contribution in [3.05, 3.63) is 0 Å². The van der Waals surface area contributed by atoms with Crippen molar-refractivity contribution in [1.82, 2.24) is 0 Å². The fourth-order valence-electron chi connectivity index (χ4n) is 5.13. The third kappa shape index (κ3) is 6.59. The summed E-state index contributed by atoms with van der Waals surface area (Å²) in [5, 5.41) is 10.3. The van der Waals surface area contributed by atoms with E-state index < -0.39 is 10.0 Å². The molecule has 2 aliphatic rings. The molecule has 27 heavy (non-hydrogen) atoms. The zero-order valence-corrected chi connectivity index (χ0v) is 19.6. The predicted molar refractivity (Wildman–Crippen MR) is 122 cm³/mol. The van der Waals surface area contributed by atoms with Crippen molar-refractivity contribution >= 4 is 29.5 Å². The number of carbonyl (C=O) groups is 1. The first-order chi connectivity index (χ1) is 12.9. The van der Waals surface area contributed by atoms with Gasteiger partial charge in [-0.05, 0) is 45.4 Å². The molecule has 0 bridgehead atoms. The Morgan fingerprint density at radius 2 is 1.19 bits per heavy atom. The number of rotatable bonds is 11. The Balaban J connectivity index is 2.21. The van der Waals surface area contributed by atoms with Gasteiger partial charge in [0.15, 0.2) is 4.08 Å². The van der Waals surface area contributed by atoms with Gasteiger partial charge >= 0.3 is 5.97 Å². The third-order valence-electron chi connectivity index (χ3n) is 6.71. The molecule has 0 amide bonds. The van der Waals surface area contributed by atoms with Gasteiger partial charge < -0.3 is 5.11 Å². The van der Waals surface area contributed by atoms with E-state index in [0.717, 1.165) is 0 Å². The van der Waals surface area contributed by atoms with Crippen LogP contribution >= 0.6 is 23.5 Å². The maximum atomic E-state index is 12.6. The molecule has 158 valence electrons. The van der Waals surface area contributed by atoms with Gasteiger partial charge in [0.25, 0.3) is 0 Å². The SMILES string of the molecule is CCCCC1(SC(C)(SC2(CCCC)CCCCC2)C(=O)O)CCCCC1. The first-order valence-corrected chi connectivity index (χ1v) is 13.2. The Bertz CT molecular complexity index is 419. The minimum absolute atomic E-state index is 0.189. The maximum Gasteiger partial charge on any atom is 0.329 e. The summed E-state index contributed by atoms with van der Waals surface area (Å²) in [4.78, 5) is 12.6. The maximum absolute atomic E-state index is 12.6. The number of aliphatic carboxylic acids is 1. The summed E-state index contributed by atoms with van der Waals surface area (Å²) in [7, 11) is 0. The average Bonchev–Trinajstić information content (AvgIpc) is 2.66. The molecule has 4 heteroatoms. The summed E-state index contributed by atoms with van der Waals surface area (Å²) >= 11 is 3.71. The second-order valence-electron chi connectivity index (χ2n) is 9.15. The molecule has 0 saturated heterocycles. The number of hydrogen-bond acceptors (Lipinski definition) is 3. The summed E-state index contributed by atoms with van der Waals surface area (Å²) in [6.07, 6.45) is 19.9. The van der Waals surface area contributed by atoms with Gasteiger partial charge in [0.05, 0.1) is 0 Å². The smallest absolute Gasteiger partial charge is 0.329 e. The second kappa shape index (κ2) is 10.8. The minimum atomic E-state index is -0.712. The van der Waals surface area contributed by atoms with Crippen molar-refractivity contribution in [2.45, 2.75) is 137 Å². The normalized spacial score (nSPS) is 22.5. The van der Waals surface area contributed by atoms with E-state index in [1.807, 2.05) is 30.4 Å². The summed E-state index contributed by atoms with van der Waals surface area (Å²) in [6.45, 7) is 6.55. The number of carboxylic acid groups (broad SMARTS) is 1. The van der Waals surface area contributed by atoms with Gasteiger partial charge in [-0.3, -0.25) is 0 Å². The fraction of sp³-hybridized carbons (Fsp3) is 0.957. The van der Waals surface area contributed by atoms with E-state index in [1.165, 1.54) is 103 Å². The first kappa shape index (κ1) is 23.4. The highest BCUT2D eigenvalue weighted by Gasteiger charge is 2.49. The molecular weight excluding hydrogens is 372 g/mol. The lowest BCUT2D eigenvalue weighted by atomic mass is 9.85. The Hall–Kier alpha value is 0.170. The van der Waals surface area contributed by atoms with E-state index in [0.29, 0.717) is 0 Å². The number of thioether (sulfide) groups is 2. The molecule has 0 spiro atoms. The second-order valence-corrected chi connectivity index (χ2v) is 13.2. The molecule has 1 N–H and O–H groups in total.